The second-order valence-corrected chi connectivity index (χ2v) is 6.39. The van der Waals surface area contributed by atoms with Gasteiger partial charge < -0.3 is 10.4 Å². The van der Waals surface area contributed by atoms with Crippen LogP contribution in [0.15, 0.2) is 0 Å². The van der Waals surface area contributed by atoms with E-state index in [-0.39, 0.29) is 24.4 Å². The van der Waals surface area contributed by atoms with E-state index in [1.54, 1.807) is 20.9 Å². The number of rotatable bonds is 9. The molecule has 0 aromatic heterocycles. The molecular formula is C13H24N2O4S. The van der Waals surface area contributed by atoms with Crippen LogP contribution in [-0.2, 0) is 14.4 Å². The zero-order chi connectivity index (χ0) is 16.1. The molecule has 0 aromatic carbocycles. The molecule has 0 aliphatic carbocycles. The molecule has 0 spiro atoms. The number of Topliss-reactive ketones (excluding diaryl/α,β-unsaturated/α-hetero) is 2. The molecule has 0 saturated heterocycles. The van der Waals surface area contributed by atoms with Crippen molar-refractivity contribution in [2.24, 2.45) is 0 Å². The van der Waals surface area contributed by atoms with Crippen LogP contribution in [0.5, 0.6) is 0 Å². The quantitative estimate of drug-likeness (QED) is 0.368. The Morgan fingerprint density at radius 2 is 1.75 bits per heavy atom. The van der Waals surface area contributed by atoms with E-state index in [0.717, 1.165) is 0 Å². The summed E-state index contributed by atoms with van der Waals surface area (Å²) in [5, 5.41) is 14.7. The lowest BCUT2D eigenvalue weighted by Gasteiger charge is -2.28. The number of thiol groups is 1. The fourth-order valence-corrected chi connectivity index (χ4v) is 1.58. The SMILES string of the molecule is CNC(C)(C)C(=O)CCC(NC(C)(S)C(C)=O)C(=O)O. The molecule has 20 heavy (non-hydrogen) atoms. The van der Waals surface area contributed by atoms with Gasteiger partial charge in [-0.3, -0.25) is 19.7 Å². The maximum atomic E-state index is 12.0. The van der Waals surface area contributed by atoms with E-state index in [4.69, 9.17) is 5.11 Å². The van der Waals surface area contributed by atoms with Crippen LogP contribution < -0.4 is 10.6 Å². The molecule has 2 unspecified atom stereocenters. The van der Waals surface area contributed by atoms with Crippen LogP contribution in [-0.4, -0.2) is 46.1 Å². The topological polar surface area (TPSA) is 95.5 Å². The average molecular weight is 304 g/mol. The number of ketones is 2. The van der Waals surface area contributed by atoms with Gasteiger partial charge in [-0.2, -0.15) is 0 Å². The number of likely N-dealkylation sites (N-methyl/N-ethyl adjacent to an activating group) is 1. The first-order chi connectivity index (χ1) is 8.94. The van der Waals surface area contributed by atoms with E-state index in [1.807, 2.05) is 0 Å². The molecular weight excluding hydrogens is 280 g/mol. The van der Waals surface area contributed by atoms with Gasteiger partial charge in [-0.1, -0.05) is 0 Å². The Morgan fingerprint density at radius 3 is 2.10 bits per heavy atom. The summed E-state index contributed by atoms with van der Waals surface area (Å²) < 4.78 is 0. The van der Waals surface area contributed by atoms with E-state index in [1.165, 1.54) is 13.8 Å². The van der Waals surface area contributed by atoms with Crippen molar-refractivity contribution in [2.45, 2.75) is 57.0 Å². The van der Waals surface area contributed by atoms with Gasteiger partial charge in [0.05, 0.1) is 5.54 Å². The standard InChI is InChI=1S/C13H24N2O4S/c1-8(16)13(4,20)15-9(11(18)19)6-7-10(17)12(2,3)14-5/h9,14-15,20H,6-7H2,1-5H3,(H,18,19). The molecule has 0 aromatic rings. The van der Waals surface area contributed by atoms with Crippen LogP contribution in [0.2, 0.25) is 0 Å². The van der Waals surface area contributed by atoms with Crippen molar-refractivity contribution >= 4 is 30.2 Å². The Kier molecular flexibility index (Phi) is 6.86. The van der Waals surface area contributed by atoms with Gasteiger partial charge in [-0.25, -0.2) is 0 Å². The zero-order valence-corrected chi connectivity index (χ0v) is 13.5. The highest BCUT2D eigenvalue weighted by molar-refractivity contribution is 7.82. The highest BCUT2D eigenvalue weighted by Crippen LogP contribution is 2.15. The van der Waals surface area contributed by atoms with Gasteiger partial charge in [0.15, 0.2) is 11.6 Å². The first-order valence-electron chi connectivity index (χ1n) is 6.40. The van der Waals surface area contributed by atoms with Crippen molar-refractivity contribution < 1.29 is 19.5 Å². The molecule has 0 saturated carbocycles. The van der Waals surface area contributed by atoms with Gasteiger partial charge in [0.2, 0.25) is 0 Å². The van der Waals surface area contributed by atoms with Gasteiger partial charge in [0, 0.05) is 6.42 Å². The molecule has 0 fully saturated rings. The second-order valence-electron chi connectivity index (χ2n) is 5.50. The lowest BCUT2D eigenvalue weighted by molar-refractivity contribution is -0.140. The summed E-state index contributed by atoms with van der Waals surface area (Å²) in [4.78, 5) is 33.3. The number of carboxylic acids is 1. The predicted octanol–water partition coefficient (Wildman–Crippen LogP) is 0.612. The number of hydrogen-bond acceptors (Lipinski definition) is 6. The summed E-state index contributed by atoms with van der Waals surface area (Å²) in [6.07, 6.45) is 0.197. The van der Waals surface area contributed by atoms with Crippen LogP contribution in [0.4, 0.5) is 0 Å². The normalized spacial score (nSPS) is 16.3. The van der Waals surface area contributed by atoms with Gasteiger partial charge in [-0.15, -0.1) is 12.6 Å². The number of nitrogens with one attached hydrogen (secondary N) is 2. The van der Waals surface area contributed by atoms with Crippen molar-refractivity contribution in [3.63, 3.8) is 0 Å². The molecule has 2 atom stereocenters. The maximum Gasteiger partial charge on any atom is 0.320 e. The van der Waals surface area contributed by atoms with Crippen molar-refractivity contribution in [1.29, 1.82) is 0 Å². The Labute approximate surface area is 125 Å². The zero-order valence-electron chi connectivity index (χ0n) is 12.6. The summed E-state index contributed by atoms with van der Waals surface area (Å²) >= 11 is 4.11. The predicted molar refractivity (Wildman–Crippen MR) is 80.0 cm³/mol. The molecule has 0 aliphatic rings. The number of hydrogen-bond donors (Lipinski definition) is 4. The Morgan fingerprint density at radius 1 is 1.25 bits per heavy atom. The third-order valence-corrected chi connectivity index (χ3v) is 3.87. The van der Waals surface area contributed by atoms with Crippen molar-refractivity contribution in [1.82, 2.24) is 10.6 Å². The molecule has 0 heterocycles. The largest absolute Gasteiger partial charge is 0.480 e. The molecule has 0 bridgehead atoms. The van der Waals surface area contributed by atoms with Crippen LogP contribution in [0.1, 0.15) is 40.5 Å². The average Bonchev–Trinajstić information content (AvgIpc) is 2.33. The van der Waals surface area contributed by atoms with Crippen LogP contribution in [0, 0.1) is 0 Å². The Hall–Kier alpha value is -0.920. The number of carboxylic acid groups (broad SMARTS) is 1. The first-order valence-corrected chi connectivity index (χ1v) is 6.85. The minimum Gasteiger partial charge on any atom is -0.480 e. The monoisotopic (exact) mass is 304 g/mol. The third-order valence-electron chi connectivity index (χ3n) is 3.42. The van der Waals surface area contributed by atoms with Crippen LogP contribution in [0.25, 0.3) is 0 Å². The van der Waals surface area contributed by atoms with E-state index in [2.05, 4.69) is 23.3 Å². The molecule has 3 N–H and O–H groups in total. The fourth-order valence-electron chi connectivity index (χ4n) is 1.43. The molecule has 7 heteroatoms. The molecule has 0 aliphatic heterocycles. The highest BCUT2D eigenvalue weighted by atomic mass is 32.1. The van der Waals surface area contributed by atoms with E-state index in [0.29, 0.717) is 0 Å². The second kappa shape index (κ2) is 7.19. The fraction of sp³-hybridized carbons (Fsp3) is 0.769. The first kappa shape index (κ1) is 19.1. The highest BCUT2D eigenvalue weighted by Gasteiger charge is 2.33. The lowest BCUT2D eigenvalue weighted by atomic mass is 9.94. The van der Waals surface area contributed by atoms with Crippen LogP contribution >= 0.6 is 12.6 Å². The van der Waals surface area contributed by atoms with Crippen molar-refractivity contribution in [3.05, 3.63) is 0 Å². The number of carbonyl (C=O) groups is 3. The molecule has 0 rings (SSSR count). The summed E-state index contributed by atoms with van der Waals surface area (Å²) in [5.74, 6) is -1.48. The van der Waals surface area contributed by atoms with Crippen molar-refractivity contribution in [3.8, 4) is 0 Å². The minimum atomic E-state index is -1.23. The molecule has 0 amide bonds. The van der Waals surface area contributed by atoms with Crippen LogP contribution in [0.3, 0.4) is 0 Å². The Bertz CT molecular complexity index is 394. The minimum absolute atomic E-state index is 0.0863. The summed E-state index contributed by atoms with van der Waals surface area (Å²) in [6, 6.07) is -1.00. The van der Waals surface area contributed by atoms with E-state index in [9.17, 15) is 14.4 Å². The smallest absolute Gasteiger partial charge is 0.320 e. The summed E-state index contributed by atoms with van der Waals surface area (Å²) in [5.41, 5.74) is -0.700. The number of carbonyl (C=O) groups excluding carboxylic acids is 2. The maximum absolute atomic E-state index is 12.0. The van der Waals surface area contributed by atoms with E-state index >= 15 is 0 Å². The lowest BCUT2D eigenvalue weighted by Crippen LogP contribution is -2.52. The van der Waals surface area contributed by atoms with Crippen molar-refractivity contribution in [2.75, 3.05) is 7.05 Å². The Balaban J connectivity index is 4.71. The molecule has 6 nitrogen and oxygen atoms in total. The van der Waals surface area contributed by atoms with Gasteiger partial charge in [0.25, 0.3) is 0 Å². The molecule has 116 valence electrons. The summed E-state index contributed by atoms with van der Waals surface area (Å²) in [6.45, 7) is 6.29. The van der Waals surface area contributed by atoms with Gasteiger partial charge >= 0.3 is 5.97 Å². The van der Waals surface area contributed by atoms with Gasteiger partial charge in [-0.05, 0) is 41.2 Å². The summed E-state index contributed by atoms with van der Waals surface area (Å²) in [7, 11) is 1.67. The van der Waals surface area contributed by atoms with Gasteiger partial charge in [0.1, 0.15) is 10.9 Å². The third kappa shape index (κ3) is 5.60. The van der Waals surface area contributed by atoms with E-state index < -0.39 is 22.4 Å². The number of aliphatic carboxylic acids is 1. The molecule has 0 radical (unpaired) electrons.